The zero-order valence-corrected chi connectivity index (χ0v) is 26.7. The third-order valence-corrected chi connectivity index (χ3v) is 9.56. The van der Waals surface area contributed by atoms with Crippen molar-refractivity contribution in [1.82, 2.24) is 4.98 Å². The number of carbonyl (C=O) groups is 5. The summed E-state index contributed by atoms with van der Waals surface area (Å²) in [7, 11) is 0. The van der Waals surface area contributed by atoms with Gasteiger partial charge in [-0.15, -0.1) is 0 Å². The van der Waals surface area contributed by atoms with Crippen molar-refractivity contribution in [2.75, 3.05) is 6.61 Å². The van der Waals surface area contributed by atoms with Gasteiger partial charge in [0.15, 0.2) is 6.10 Å². The molecular weight excluding hydrogens is 598 g/mol. The molecule has 5 rings (SSSR count). The zero-order valence-electron chi connectivity index (χ0n) is 26.7. The van der Waals surface area contributed by atoms with Crippen molar-refractivity contribution < 1.29 is 52.4 Å². The van der Waals surface area contributed by atoms with Crippen LogP contribution < -0.4 is 0 Å². The van der Waals surface area contributed by atoms with Crippen molar-refractivity contribution in [2.24, 2.45) is 17.3 Å². The van der Waals surface area contributed by atoms with Crippen molar-refractivity contribution in [1.29, 1.82) is 0 Å². The molecule has 1 aromatic heterocycles. The molecule has 0 N–H and O–H groups in total. The number of benzene rings is 1. The maximum absolute atomic E-state index is 13.7. The smallest absolute Gasteiger partial charge is 0.340 e. The molecule has 8 atom stereocenters. The first-order valence-corrected chi connectivity index (χ1v) is 15.3. The number of ether oxygens (including phenoxy) is 6. The summed E-state index contributed by atoms with van der Waals surface area (Å²) in [5, 5.41) is 0. The fraction of sp³-hybridized carbons (Fsp3) is 0.529. The van der Waals surface area contributed by atoms with Crippen molar-refractivity contribution in [3.05, 3.63) is 66.0 Å². The Balaban J connectivity index is 1.74. The minimum Gasteiger partial charge on any atom is -0.465 e. The number of carbonyl (C=O) groups excluding carboxylic acids is 5. The Labute approximate surface area is 267 Å². The van der Waals surface area contributed by atoms with E-state index >= 15 is 0 Å². The lowest BCUT2D eigenvalue weighted by atomic mass is 9.47. The van der Waals surface area contributed by atoms with Gasteiger partial charge < -0.3 is 28.4 Å². The summed E-state index contributed by atoms with van der Waals surface area (Å²) in [5.74, 6) is -4.42. The molecule has 12 nitrogen and oxygen atoms in total. The van der Waals surface area contributed by atoms with E-state index in [1.54, 1.807) is 42.5 Å². The number of aromatic nitrogens is 1. The molecular formula is C34H39NO11. The quantitative estimate of drug-likeness (QED) is 0.305. The highest BCUT2D eigenvalue weighted by atomic mass is 16.6. The van der Waals surface area contributed by atoms with E-state index in [0.29, 0.717) is 0 Å². The number of nitrogens with zero attached hydrogens (tertiary/aromatic N) is 1. The second-order valence-corrected chi connectivity index (χ2v) is 12.8. The van der Waals surface area contributed by atoms with Gasteiger partial charge in [0.25, 0.3) is 0 Å². The molecule has 1 aliphatic heterocycles. The highest BCUT2D eigenvalue weighted by Gasteiger charge is 2.82. The van der Waals surface area contributed by atoms with Gasteiger partial charge in [-0.2, -0.15) is 0 Å². The molecule has 2 bridgehead atoms. The van der Waals surface area contributed by atoms with Crippen LogP contribution in [0.25, 0.3) is 0 Å². The van der Waals surface area contributed by atoms with Crippen LogP contribution in [0.4, 0.5) is 0 Å². The summed E-state index contributed by atoms with van der Waals surface area (Å²) < 4.78 is 37.2. The molecule has 3 aliphatic rings. The van der Waals surface area contributed by atoms with E-state index in [1.807, 2.05) is 20.8 Å². The highest BCUT2D eigenvalue weighted by molar-refractivity contribution is 5.90. The van der Waals surface area contributed by atoms with Crippen LogP contribution in [0, 0.1) is 17.3 Å². The van der Waals surface area contributed by atoms with Crippen molar-refractivity contribution in [3.63, 3.8) is 0 Å². The fourth-order valence-corrected chi connectivity index (χ4v) is 7.86. The molecule has 2 aromatic rings. The Kier molecular flexibility index (Phi) is 8.96. The minimum absolute atomic E-state index is 0.0732. The molecule has 3 fully saturated rings. The second kappa shape index (κ2) is 12.5. The Hall–Kier alpha value is -4.32. The van der Waals surface area contributed by atoms with Crippen molar-refractivity contribution in [3.8, 4) is 0 Å². The van der Waals surface area contributed by atoms with Gasteiger partial charge >= 0.3 is 29.8 Å². The van der Waals surface area contributed by atoms with Crippen LogP contribution in [0.1, 0.15) is 75.1 Å². The molecule has 246 valence electrons. The average Bonchev–Trinajstić information content (AvgIpc) is 3.16. The molecule has 0 radical (unpaired) electrons. The van der Waals surface area contributed by atoms with E-state index in [1.165, 1.54) is 33.2 Å². The van der Waals surface area contributed by atoms with Gasteiger partial charge in [0.1, 0.15) is 35.9 Å². The van der Waals surface area contributed by atoms with E-state index in [2.05, 4.69) is 4.98 Å². The summed E-state index contributed by atoms with van der Waals surface area (Å²) in [6.07, 6.45) is -1.48. The van der Waals surface area contributed by atoms with Gasteiger partial charge in [-0.1, -0.05) is 25.1 Å². The lowest BCUT2D eigenvalue weighted by Gasteiger charge is -2.63. The number of pyridine rings is 1. The topological polar surface area (TPSA) is 154 Å². The maximum atomic E-state index is 13.7. The van der Waals surface area contributed by atoms with Gasteiger partial charge in [-0.25, -0.2) is 9.59 Å². The Morgan fingerprint density at radius 2 is 1.43 bits per heavy atom. The Morgan fingerprint density at radius 3 is 2.04 bits per heavy atom. The molecule has 1 aromatic carbocycles. The molecule has 2 saturated carbocycles. The van der Waals surface area contributed by atoms with Crippen LogP contribution in [-0.2, 0) is 42.8 Å². The van der Waals surface area contributed by atoms with E-state index in [-0.39, 0.29) is 24.0 Å². The number of hydrogen-bond acceptors (Lipinski definition) is 12. The monoisotopic (exact) mass is 637 g/mol. The minimum atomic E-state index is -1.72. The lowest BCUT2D eigenvalue weighted by Crippen LogP contribution is -2.78. The van der Waals surface area contributed by atoms with Gasteiger partial charge in [0.05, 0.1) is 16.7 Å². The van der Waals surface area contributed by atoms with E-state index in [0.717, 1.165) is 0 Å². The molecule has 46 heavy (non-hydrogen) atoms. The molecule has 1 saturated heterocycles. The normalized spacial score (nSPS) is 32.3. The number of fused-ring (bicyclic) bond motifs is 1. The predicted molar refractivity (Wildman–Crippen MR) is 159 cm³/mol. The molecule has 0 amide bonds. The SMILES string of the molecule is CC(=O)OCC12C(OC(=O)c3cccnc3)C[C@@H]3C(OC(C)=O)[C@]1(OC3(C)C)C(C)CC(OC(=O)c1ccccc1)C2OC(C)=O. The Bertz CT molecular complexity index is 1490. The van der Waals surface area contributed by atoms with E-state index in [4.69, 9.17) is 28.4 Å². The first-order chi connectivity index (χ1) is 21.7. The molecule has 6 unspecified atom stereocenters. The molecule has 1 spiro atoms. The maximum Gasteiger partial charge on any atom is 0.340 e. The summed E-state index contributed by atoms with van der Waals surface area (Å²) in [6.45, 7) is 8.76. The van der Waals surface area contributed by atoms with Gasteiger partial charge in [0.2, 0.25) is 0 Å². The summed E-state index contributed by atoms with van der Waals surface area (Å²) in [4.78, 5) is 69.2. The van der Waals surface area contributed by atoms with Gasteiger partial charge in [-0.05, 0) is 56.9 Å². The lowest BCUT2D eigenvalue weighted by molar-refractivity contribution is -0.317. The number of hydrogen-bond donors (Lipinski definition) is 0. The summed E-state index contributed by atoms with van der Waals surface area (Å²) in [5.41, 5.74) is -3.76. The fourth-order valence-electron chi connectivity index (χ4n) is 7.86. The standard InChI is InChI=1S/C34H39NO11/c1-19-15-26(44-30(39)23-11-8-7-9-12-23)29(43-22(4)38)33(18-41-20(2)36)27(45-31(40)24-13-10-14-35-17-24)16-25-28(42-21(3)37)34(19,33)46-32(25,5)6/h7-14,17,19,25-29H,15-16,18H2,1-6H3/t19?,25-,26?,27?,28?,29?,33?,34-/m1/s1. The zero-order chi connectivity index (χ0) is 33.4. The summed E-state index contributed by atoms with van der Waals surface area (Å²) >= 11 is 0. The molecule has 2 heterocycles. The first-order valence-electron chi connectivity index (χ1n) is 15.3. The third kappa shape index (κ3) is 5.63. The van der Waals surface area contributed by atoms with Crippen molar-refractivity contribution >= 4 is 29.8 Å². The Morgan fingerprint density at radius 1 is 0.804 bits per heavy atom. The van der Waals surface area contributed by atoms with Crippen LogP contribution in [0.15, 0.2) is 54.9 Å². The molecule has 2 aliphatic carbocycles. The van der Waals surface area contributed by atoms with Gasteiger partial charge in [0, 0.05) is 39.1 Å². The third-order valence-electron chi connectivity index (χ3n) is 9.56. The van der Waals surface area contributed by atoms with E-state index in [9.17, 15) is 24.0 Å². The number of rotatable bonds is 8. The van der Waals surface area contributed by atoms with Crippen LogP contribution in [0.5, 0.6) is 0 Å². The predicted octanol–water partition coefficient (Wildman–Crippen LogP) is 3.85. The second-order valence-electron chi connectivity index (χ2n) is 12.8. The van der Waals surface area contributed by atoms with Crippen LogP contribution in [0.3, 0.4) is 0 Å². The van der Waals surface area contributed by atoms with E-state index < -0.39 is 89.3 Å². The summed E-state index contributed by atoms with van der Waals surface area (Å²) in [6, 6.07) is 11.4. The molecule has 12 heteroatoms. The van der Waals surface area contributed by atoms with Crippen LogP contribution in [-0.4, -0.2) is 77.1 Å². The van der Waals surface area contributed by atoms with Gasteiger partial charge in [-0.3, -0.25) is 19.4 Å². The number of esters is 5. The van der Waals surface area contributed by atoms with Crippen LogP contribution in [0.2, 0.25) is 0 Å². The van der Waals surface area contributed by atoms with Crippen LogP contribution >= 0.6 is 0 Å². The van der Waals surface area contributed by atoms with Crippen molar-refractivity contribution in [2.45, 2.75) is 90.0 Å². The average molecular weight is 638 g/mol. The first kappa shape index (κ1) is 33.1. The largest absolute Gasteiger partial charge is 0.465 e. The highest BCUT2D eigenvalue weighted by Crippen LogP contribution is 2.68.